The maximum absolute atomic E-state index is 11.7. The Bertz CT molecular complexity index is 652. The number of allylic oxidation sites excluding steroid dienone is 1. The van der Waals surface area contributed by atoms with Gasteiger partial charge in [-0.2, -0.15) is 0 Å². The van der Waals surface area contributed by atoms with Gasteiger partial charge in [-0.3, -0.25) is 9.59 Å². The number of rotatable bonds is 8. The van der Waals surface area contributed by atoms with Gasteiger partial charge in [-0.05, 0) is 17.2 Å². The molecule has 0 saturated carbocycles. The molecule has 2 rings (SSSR count). The van der Waals surface area contributed by atoms with Crippen LogP contribution in [0.15, 0.2) is 72.9 Å². The van der Waals surface area contributed by atoms with Crippen molar-refractivity contribution in [3.8, 4) is 0 Å². The predicted octanol–water partition coefficient (Wildman–Crippen LogP) is 2.57. The van der Waals surface area contributed by atoms with Crippen molar-refractivity contribution in [1.29, 1.82) is 0 Å². The molecule has 0 bridgehead atoms. The van der Waals surface area contributed by atoms with E-state index >= 15 is 0 Å². The van der Waals surface area contributed by atoms with Gasteiger partial charge in [-0.25, -0.2) is 0 Å². The fraction of sp³-hybridized carbons (Fsp3) is 0.158. The predicted molar refractivity (Wildman–Crippen MR) is 90.3 cm³/mol. The molecule has 0 heterocycles. The SMILES string of the molecule is O=C(/C=C/NCc1ccccc1)CC(=O)NCc1ccccc1. The van der Waals surface area contributed by atoms with Crippen molar-refractivity contribution in [2.24, 2.45) is 0 Å². The van der Waals surface area contributed by atoms with E-state index in [9.17, 15) is 9.59 Å². The highest BCUT2D eigenvalue weighted by Crippen LogP contribution is 1.98. The van der Waals surface area contributed by atoms with E-state index in [1.807, 2.05) is 60.7 Å². The van der Waals surface area contributed by atoms with Gasteiger partial charge in [-0.15, -0.1) is 0 Å². The summed E-state index contributed by atoms with van der Waals surface area (Å²) in [5, 5.41) is 5.76. The van der Waals surface area contributed by atoms with E-state index < -0.39 is 0 Å². The van der Waals surface area contributed by atoms with E-state index in [1.54, 1.807) is 6.20 Å². The topological polar surface area (TPSA) is 58.2 Å². The van der Waals surface area contributed by atoms with Gasteiger partial charge in [0, 0.05) is 19.3 Å². The summed E-state index contributed by atoms with van der Waals surface area (Å²) in [5.74, 6) is -0.498. The molecule has 0 unspecified atom stereocenters. The molecule has 0 atom stereocenters. The summed E-state index contributed by atoms with van der Waals surface area (Å²) in [6, 6.07) is 19.5. The Morgan fingerprint density at radius 3 is 2.00 bits per heavy atom. The van der Waals surface area contributed by atoms with Gasteiger partial charge in [-0.1, -0.05) is 60.7 Å². The van der Waals surface area contributed by atoms with Gasteiger partial charge in [0.15, 0.2) is 5.78 Å². The molecule has 0 saturated heterocycles. The van der Waals surface area contributed by atoms with E-state index in [0.717, 1.165) is 11.1 Å². The van der Waals surface area contributed by atoms with E-state index in [4.69, 9.17) is 0 Å². The van der Waals surface area contributed by atoms with Gasteiger partial charge in [0.25, 0.3) is 0 Å². The molecule has 0 aliphatic heterocycles. The Hall–Kier alpha value is -2.88. The summed E-state index contributed by atoms with van der Waals surface area (Å²) < 4.78 is 0. The van der Waals surface area contributed by atoms with Crippen LogP contribution in [0.4, 0.5) is 0 Å². The number of benzene rings is 2. The smallest absolute Gasteiger partial charge is 0.228 e. The summed E-state index contributed by atoms with van der Waals surface area (Å²) in [5.41, 5.74) is 2.14. The van der Waals surface area contributed by atoms with Crippen LogP contribution in [0, 0.1) is 0 Å². The highest BCUT2D eigenvalue weighted by atomic mass is 16.2. The first-order chi connectivity index (χ1) is 11.2. The number of carbonyl (C=O) groups is 2. The fourth-order valence-electron chi connectivity index (χ4n) is 2.00. The van der Waals surface area contributed by atoms with Gasteiger partial charge in [0.05, 0.1) is 6.42 Å². The summed E-state index contributed by atoms with van der Waals surface area (Å²) in [6.07, 6.45) is 2.83. The molecule has 4 heteroatoms. The molecule has 0 aliphatic rings. The standard InChI is InChI=1S/C19H20N2O2/c22-18(11-12-20-14-16-7-3-1-4-8-16)13-19(23)21-15-17-9-5-2-6-10-17/h1-12,20H,13-15H2,(H,21,23)/b12-11+. The maximum Gasteiger partial charge on any atom is 0.228 e. The molecule has 118 valence electrons. The zero-order valence-corrected chi connectivity index (χ0v) is 12.9. The Kier molecular flexibility index (Phi) is 6.60. The molecule has 0 radical (unpaired) electrons. The van der Waals surface area contributed by atoms with Gasteiger partial charge >= 0.3 is 0 Å². The third-order valence-electron chi connectivity index (χ3n) is 3.20. The number of ketones is 1. The van der Waals surface area contributed by atoms with Crippen molar-refractivity contribution in [3.63, 3.8) is 0 Å². The van der Waals surface area contributed by atoms with Crippen LogP contribution in [0.1, 0.15) is 17.5 Å². The van der Waals surface area contributed by atoms with Crippen LogP contribution in [0.5, 0.6) is 0 Å². The number of nitrogens with one attached hydrogen (secondary N) is 2. The molecule has 2 aromatic rings. The summed E-state index contributed by atoms with van der Waals surface area (Å²) in [4.78, 5) is 23.4. The molecular formula is C19H20N2O2. The average Bonchev–Trinajstić information content (AvgIpc) is 2.59. The van der Waals surface area contributed by atoms with E-state index in [0.29, 0.717) is 13.1 Å². The Morgan fingerprint density at radius 1 is 0.826 bits per heavy atom. The van der Waals surface area contributed by atoms with Crippen LogP contribution in [0.2, 0.25) is 0 Å². The summed E-state index contributed by atoms with van der Waals surface area (Å²) in [7, 11) is 0. The molecule has 2 N–H and O–H groups in total. The number of carbonyl (C=O) groups excluding carboxylic acids is 2. The van der Waals surface area contributed by atoms with E-state index in [1.165, 1.54) is 6.08 Å². The Morgan fingerprint density at radius 2 is 1.39 bits per heavy atom. The first kappa shape index (κ1) is 16.5. The van der Waals surface area contributed by atoms with E-state index in [2.05, 4.69) is 10.6 Å². The first-order valence-electron chi connectivity index (χ1n) is 7.51. The quantitative estimate of drug-likeness (QED) is 0.582. The van der Waals surface area contributed by atoms with Crippen molar-refractivity contribution in [2.45, 2.75) is 19.5 Å². The highest BCUT2D eigenvalue weighted by Gasteiger charge is 2.06. The summed E-state index contributed by atoms with van der Waals surface area (Å²) >= 11 is 0. The lowest BCUT2D eigenvalue weighted by Gasteiger charge is -2.04. The molecule has 0 aromatic heterocycles. The molecule has 0 aliphatic carbocycles. The fourth-order valence-corrected chi connectivity index (χ4v) is 2.00. The number of hydrogen-bond donors (Lipinski definition) is 2. The Balaban J connectivity index is 1.65. The molecule has 4 nitrogen and oxygen atoms in total. The minimum atomic E-state index is -0.272. The second-order valence-electron chi connectivity index (χ2n) is 5.11. The van der Waals surface area contributed by atoms with Crippen LogP contribution >= 0.6 is 0 Å². The van der Waals surface area contributed by atoms with E-state index in [-0.39, 0.29) is 18.1 Å². The van der Waals surface area contributed by atoms with Crippen LogP contribution in [-0.4, -0.2) is 11.7 Å². The third kappa shape index (κ3) is 6.61. The second kappa shape index (κ2) is 9.20. The lowest BCUT2D eigenvalue weighted by atomic mass is 10.2. The highest BCUT2D eigenvalue weighted by molar-refractivity contribution is 6.03. The number of amides is 1. The molecule has 0 fully saturated rings. The lowest BCUT2D eigenvalue weighted by Crippen LogP contribution is -2.24. The molecule has 23 heavy (non-hydrogen) atoms. The zero-order chi connectivity index (χ0) is 16.3. The molecule has 1 amide bonds. The van der Waals surface area contributed by atoms with Crippen molar-refractivity contribution in [1.82, 2.24) is 10.6 Å². The van der Waals surface area contributed by atoms with Crippen LogP contribution in [0.25, 0.3) is 0 Å². The normalized spacial score (nSPS) is 10.4. The first-order valence-corrected chi connectivity index (χ1v) is 7.51. The monoisotopic (exact) mass is 308 g/mol. The number of hydrogen-bond acceptors (Lipinski definition) is 3. The summed E-state index contributed by atoms with van der Waals surface area (Å²) in [6.45, 7) is 1.08. The Labute approximate surface area is 136 Å². The van der Waals surface area contributed by atoms with Gasteiger partial charge < -0.3 is 10.6 Å². The zero-order valence-electron chi connectivity index (χ0n) is 12.9. The van der Waals surface area contributed by atoms with Crippen LogP contribution in [-0.2, 0) is 22.7 Å². The average molecular weight is 308 g/mol. The molecule has 0 spiro atoms. The lowest BCUT2D eigenvalue weighted by molar-refractivity contribution is -0.126. The maximum atomic E-state index is 11.7. The minimum Gasteiger partial charge on any atom is -0.387 e. The van der Waals surface area contributed by atoms with Crippen molar-refractivity contribution in [3.05, 3.63) is 84.1 Å². The van der Waals surface area contributed by atoms with Crippen molar-refractivity contribution in [2.75, 3.05) is 0 Å². The van der Waals surface area contributed by atoms with Crippen LogP contribution in [0.3, 0.4) is 0 Å². The molecular weight excluding hydrogens is 288 g/mol. The van der Waals surface area contributed by atoms with Gasteiger partial charge in [0.2, 0.25) is 5.91 Å². The molecule has 2 aromatic carbocycles. The van der Waals surface area contributed by atoms with Crippen molar-refractivity contribution >= 4 is 11.7 Å². The largest absolute Gasteiger partial charge is 0.387 e. The third-order valence-corrected chi connectivity index (χ3v) is 3.20. The van der Waals surface area contributed by atoms with Gasteiger partial charge in [0.1, 0.15) is 0 Å². The van der Waals surface area contributed by atoms with Crippen LogP contribution < -0.4 is 10.6 Å². The second-order valence-corrected chi connectivity index (χ2v) is 5.11. The minimum absolute atomic E-state index is 0.143. The van der Waals surface area contributed by atoms with Crippen molar-refractivity contribution < 1.29 is 9.59 Å².